The molecule has 0 radical (unpaired) electrons. The van der Waals surface area contributed by atoms with Gasteiger partial charge in [-0.15, -0.1) is 0 Å². The summed E-state index contributed by atoms with van der Waals surface area (Å²) in [7, 11) is 0. The van der Waals surface area contributed by atoms with Crippen molar-refractivity contribution in [1.82, 2.24) is 15.3 Å². The number of anilines is 1. The average molecular weight is 364 g/mol. The number of halogens is 1. The van der Waals surface area contributed by atoms with E-state index >= 15 is 0 Å². The summed E-state index contributed by atoms with van der Waals surface area (Å²) in [5.41, 5.74) is 2.24. The molecule has 0 fully saturated rings. The lowest BCUT2D eigenvalue weighted by Crippen LogP contribution is -2.26. The first-order chi connectivity index (χ1) is 13.2. The van der Waals surface area contributed by atoms with Gasteiger partial charge in [-0.1, -0.05) is 42.5 Å². The first kappa shape index (κ1) is 18.5. The van der Waals surface area contributed by atoms with Crippen molar-refractivity contribution < 1.29 is 9.18 Å². The highest BCUT2D eigenvalue weighted by molar-refractivity contribution is 5.91. The van der Waals surface area contributed by atoms with Crippen molar-refractivity contribution in [2.24, 2.45) is 0 Å². The van der Waals surface area contributed by atoms with Crippen molar-refractivity contribution in [1.29, 1.82) is 0 Å². The molecule has 1 aromatic heterocycles. The minimum atomic E-state index is -0.315. The SMILES string of the molecule is CCN(Cc1ccccc1)c1cnc(C(=O)NCc2ccc(F)cc2)cn1. The lowest BCUT2D eigenvalue weighted by molar-refractivity contribution is 0.0945. The molecule has 6 heteroatoms. The van der Waals surface area contributed by atoms with Crippen LogP contribution < -0.4 is 10.2 Å². The number of carbonyl (C=O) groups is 1. The smallest absolute Gasteiger partial charge is 0.271 e. The lowest BCUT2D eigenvalue weighted by atomic mass is 10.2. The zero-order chi connectivity index (χ0) is 19.1. The standard InChI is InChI=1S/C21H21FN4O/c1-2-26(15-17-6-4-3-5-7-17)20-14-23-19(13-24-20)21(27)25-12-16-8-10-18(22)11-9-16/h3-11,13-14H,2,12,15H2,1H3,(H,25,27). The molecule has 1 heterocycles. The molecule has 1 amide bonds. The van der Waals surface area contributed by atoms with E-state index in [2.05, 4.69) is 32.3 Å². The third-order valence-electron chi connectivity index (χ3n) is 4.16. The molecule has 0 aliphatic rings. The second-order valence-corrected chi connectivity index (χ2v) is 6.07. The third kappa shape index (κ3) is 5.10. The van der Waals surface area contributed by atoms with Gasteiger partial charge in [-0.2, -0.15) is 0 Å². The van der Waals surface area contributed by atoms with Crippen LogP contribution in [0.1, 0.15) is 28.5 Å². The van der Waals surface area contributed by atoms with Crippen LogP contribution in [-0.2, 0) is 13.1 Å². The molecule has 0 unspecified atom stereocenters. The zero-order valence-corrected chi connectivity index (χ0v) is 15.1. The molecule has 0 bridgehead atoms. The molecular formula is C21H21FN4O. The Hall–Kier alpha value is -3.28. The maximum absolute atomic E-state index is 12.9. The quantitative estimate of drug-likeness (QED) is 0.696. The van der Waals surface area contributed by atoms with Gasteiger partial charge in [-0.3, -0.25) is 4.79 Å². The van der Waals surface area contributed by atoms with E-state index in [0.29, 0.717) is 6.54 Å². The van der Waals surface area contributed by atoms with Gasteiger partial charge < -0.3 is 10.2 Å². The maximum atomic E-state index is 12.9. The summed E-state index contributed by atoms with van der Waals surface area (Å²) in [6.45, 7) is 3.85. The molecule has 5 nitrogen and oxygen atoms in total. The van der Waals surface area contributed by atoms with E-state index in [9.17, 15) is 9.18 Å². The van der Waals surface area contributed by atoms with Gasteiger partial charge in [0.1, 0.15) is 17.3 Å². The van der Waals surface area contributed by atoms with Gasteiger partial charge in [0.2, 0.25) is 0 Å². The minimum Gasteiger partial charge on any atom is -0.351 e. The lowest BCUT2D eigenvalue weighted by Gasteiger charge is -2.21. The number of aromatic nitrogens is 2. The summed E-state index contributed by atoms with van der Waals surface area (Å²) in [4.78, 5) is 22.9. The molecule has 0 spiro atoms. The van der Waals surface area contributed by atoms with E-state index in [0.717, 1.165) is 24.5 Å². The first-order valence-electron chi connectivity index (χ1n) is 8.79. The van der Waals surface area contributed by atoms with Crippen LogP contribution in [0.3, 0.4) is 0 Å². The largest absolute Gasteiger partial charge is 0.351 e. The Kier molecular flexibility index (Phi) is 6.10. The number of nitrogens with zero attached hydrogens (tertiary/aromatic N) is 3. The van der Waals surface area contributed by atoms with E-state index in [-0.39, 0.29) is 17.4 Å². The van der Waals surface area contributed by atoms with Crippen molar-refractivity contribution in [3.05, 3.63) is 89.6 Å². The maximum Gasteiger partial charge on any atom is 0.271 e. The van der Waals surface area contributed by atoms with Crippen LogP contribution >= 0.6 is 0 Å². The van der Waals surface area contributed by atoms with E-state index in [4.69, 9.17) is 0 Å². The summed E-state index contributed by atoms with van der Waals surface area (Å²) in [6.07, 6.45) is 3.09. The average Bonchev–Trinajstić information content (AvgIpc) is 2.72. The molecule has 138 valence electrons. The summed E-state index contributed by atoms with van der Waals surface area (Å²) in [5, 5.41) is 2.76. The predicted molar refractivity (Wildman–Crippen MR) is 103 cm³/mol. The van der Waals surface area contributed by atoms with Crippen molar-refractivity contribution >= 4 is 11.7 Å². The molecule has 27 heavy (non-hydrogen) atoms. The molecule has 2 aromatic carbocycles. The number of amides is 1. The fraction of sp³-hybridized carbons (Fsp3) is 0.190. The zero-order valence-electron chi connectivity index (χ0n) is 15.1. The van der Waals surface area contributed by atoms with Crippen LogP contribution in [0.4, 0.5) is 10.2 Å². The number of nitrogens with one attached hydrogen (secondary N) is 1. The van der Waals surface area contributed by atoms with Crippen LogP contribution in [0.2, 0.25) is 0 Å². The first-order valence-corrected chi connectivity index (χ1v) is 8.79. The highest BCUT2D eigenvalue weighted by Gasteiger charge is 2.11. The van der Waals surface area contributed by atoms with Gasteiger partial charge in [0.15, 0.2) is 0 Å². The van der Waals surface area contributed by atoms with Crippen LogP contribution in [0, 0.1) is 5.82 Å². The van der Waals surface area contributed by atoms with Gasteiger partial charge >= 0.3 is 0 Å². The van der Waals surface area contributed by atoms with Crippen molar-refractivity contribution in [2.75, 3.05) is 11.4 Å². The Morgan fingerprint density at radius 3 is 2.37 bits per heavy atom. The number of benzene rings is 2. The molecule has 3 rings (SSSR count). The van der Waals surface area contributed by atoms with Crippen molar-refractivity contribution in [2.45, 2.75) is 20.0 Å². The molecule has 0 aliphatic carbocycles. The number of carbonyl (C=O) groups excluding carboxylic acids is 1. The van der Waals surface area contributed by atoms with E-state index in [1.54, 1.807) is 18.3 Å². The molecule has 0 aliphatic heterocycles. The van der Waals surface area contributed by atoms with Gasteiger partial charge in [-0.05, 0) is 30.2 Å². The van der Waals surface area contributed by atoms with E-state index in [1.165, 1.54) is 23.9 Å². The number of rotatable bonds is 7. The van der Waals surface area contributed by atoms with E-state index in [1.807, 2.05) is 25.1 Å². The highest BCUT2D eigenvalue weighted by atomic mass is 19.1. The van der Waals surface area contributed by atoms with Crippen LogP contribution in [-0.4, -0.2) is 22.4 Å². The Morgan fingerprint density at radius 2 is 1.74 bits per heavy atom. The van der Waals surface area contributed by atoms with Gasteiger partial charge in [0, 0.05) is 19.6 Å². The Bertz CT molecular complexity index is 867. The minimum absolute atomic E-state index is 0.247. The van der Waals surface area contributed by atoms with Crippen LogP contribution in [0.15, 0.2) is 67.0 Å². The second kappa shape index (κ2) is 8.89. The second-order valence-electron chi connectivity index (χ2n) is 6.07. The summed E-state index contributed by atoms with van der Waals surface area (Å²) in [5.74, 6) is 0.100. The van der Waals surface area contributed by atoms with Gasteiger partial charge in [-0.25, -0.2) is 14.4 Å². The molecule has 3 aromatic rings. The highest BCUT2D eigenvalue weighted by Crippen LogP contribution is 2.13. The number of hydrogen-bond donors (Lipinski definition) is 1. The Morgan fingerprint density at radius 1 is 1.00 bits per heavy atom. The summed E-state index contributed by atoms with van der Waals surface area (Å²) >= 11 is 0. The van der Waals surface area contributed by atoms with Gasteiger partial charge in [0.25, 0.3) is 5.91 Å². The number of hydrogen-bond acceptors (Lipinski definition) is 4. The van der Waals surface area contributed by atoms with Crippen LogP contribution in [0.25, 0.3) is 0 Å². The fourth-order valence-electron chi connectivity index (χ4n) is 2.64. The Balaban J connectivity index is 1.61. The van der Waals surface area contributed by atoms with Crippen molar-refractivity contribution in [3.8, 4) is 0 Å². The molecule has 0 saturated carbocycles. The monoisotopic (exact) mass is 364 g/mol. The summed E-state index contributed by atoms with van der Waals surface area (Å²) < 4.78 is 12.9. The van der Waals surface area contributed by atoms with E-state index < -0.39 is 0 Å². The fourth-order valence-corrected chi connectivity index (χ4v) is 2.64. The van der Waals surface area contributed by atoms with Gasteiger partial charge in [0.05, 0.1) is 12.4 Å². The van der Waals surface area contributed by atoms with Crippen molar-refractivity contribution in [3.63, 3.8) is 0 Å². The predicted octanol–water partition coefficient (Wildman–Crippen LogP) is 3.57. The molecule has 0 saturated heterocycles. The molecule has 1 N–H and O–H groups in total. The topological polar surface area (TPSA) is 58.1 Å². The molecule has 0 atom stereocenters. The van der Waals surface area contributed by atoms with Crippen LogP contribution in [0.5, 0.6) is 0 Å². The summed E-state index contributed by atoms with van der Waals surface area (Å²) in [6, 6.07) is 16.1. The normalized spacial score (nSPS) is 10.4. The molecular weight excluding hydrogens is 343 g/mol. The Labute approximate surface area is 157 Å². The third-order valence-corrected chi connectivity index (χ3v) is 4.16.